The molecule has 0 saturated carbocycles. The quantitative estimate of drug-likeness (QED) is 0.521. The first-order valence-electron chi connectivity index (χ1n) is 10.7. The Bertz CT molecular complexity index is 1120. The predicted octanol–water partition coefficient (Wildman–Crippen LogP) is 4.11. The highest BCUT2D eigenvalue weighted by Gasteiger charge is 2.26. The molecule has 1 heterocycles. The molecule has 2 atom stereocenters. The molecule has 0 aliphatic heterocycles. The van der Waals surface area contributed by atoms with E-state index in [0.717, 1.165) is 17.5 Å². The Morgan fingerprint density at radius 1 is 1.10 bits per heavy atom. The summed E-state index contributed by atoms with van der Waals surface area (Å²) in [5.74, 6) is 0.491. The van der Waals surface area contributed by atoms with E-state index >= 15 is 0 Å². The number of hydrogen-bond acceptors (Lipinski definition) is 4. The number of aromatic nitrogens is 2. The van der Waals surface area contributed by atoms with Crippen molar-refractivity contribution in [1.29, 1.82) is 0 Å². The van der Waals surface area contributed by atoms with Gasteiger partial charge in [0.1, 0.15) is 5.82 Å². The van der Waals surface area contributed by atoms with E-state index < -0.39 is 10.0 Å². The van der Waals surface area contributed by atoms with Crippen molar-refractivity contribution < 1.29 is 13.2 Å². The lowest BCUT2D eigenvalue weighted by molar-refractivity contribution is 0.0920. The molecule has 0 saturated heterocycles. The molecule has 1 amide bonds. The maximum absolute atomic E-state index is 13.1. The van der Waals surface area contributed by atoms with Crippen molar-refractivity contribution in [2.45, 2.75) is 45.1 Å². The number of carbonyl (C=O) groups excluding carboxylic acids is 1. The Hall–Kier alpha value is -2.71. The minimum atomic E-state index is -3.64. The molecule has 0 radical (unpaired) electrons. The van der Waals surface area contributed by atoms with Crippen molar-refractivity contribution in [2.75, 3.05) is 13.1 Å². The minimum absolute atomic E-state index is 0.118. The number of amides is 1. The van der Waals surface area contributed by atoms with Crippen LogP contribution in [0.15, 0.2) is 53.4 Å². The van der Waals surface area contributed by atoms with Gasteiger partial charge in [-0.3, -0.25) is 4.79 Å². The van der Waals surface area contributed by atoms with Crippen LogP contribution in [0.25, 0.3) is 11.0 Å². The van der Waals surface area contributed by atoms with Gasteiger partial charge < -0.3 is 10.3 Å². The van der Waals surface area contributed by atoms with Crippen LogP contribution in [0.5, 0.6) is 0 Å². The Balaban J connectivity index is 1.90. The predicted molar refractivity (Wildman–Crippen MR) is 122 cm³/mol. The highest BCUT2D eigenvalue weighted by Crippen LogP contribution is 2.25. The summed E-state index contributed by atoms with van der Waals surface area (Å²) in [5.41, 5.74) is 2.05. The Morgan fingerprint density at radius 2 is 1.81 bits per heavy atom. The number of sulfonamides is 1. The fourth-order valence-corrected chi connectivity index (χ4v) is 5.08. The second-order valence-electron chi connectivity index (χ2n) is 7.59. The van der Waals surface area contributed by atoms with Gasteiger partial charge in [-0.05, 0) is 36.2 Å². The van der Waals surface area contributed by atoms with E-state index in [0.29, 0.717) is 24.5 Å². The second kappa shape index (κ2) is 9.62. The topological polar surface area (TPSA) is 95.2 Å². The van der Waals surface area contributed by atoms with Gasteiger partial charge in [-0.2, -0.15) is 4.31 Å². The fourth-order valence-electron chi connectivity index (χ4n) is 3.57. The van der Waals surface area contributed by atoms with Crippen LogP contribution in [0.2, 0.25) is 0 Å². The first-order chi connectivity index (χ1) is 14.8. The molecular formula is C23H30N4O3S. The van der Waals surface area contributed by atoms with Crippen molar-refractivity contribution in [3.8, 4) is 0 Å². The first-order valence-corrected chi connectivity index (χ1v) is 12.1. The number of nitrogens with one attached hydrogen (secondary N) is 2. The summed E-state index contributed by atoms with van der Waals surface area (Å²) in [5, 5.41) is 3.06. The first kappa shape index (κ1) is 23.0. The molecule has 3 rings (SSSR count). The molecule has 0 aliphatic rings. The molecule has 31 heavy (non-hydrogen) atoms. The van der Waals surface area contributed by atoms with Gasteiger partial charge in [0.05, 0.1) is 22.0 Å². The minimum Gasteiger partial charge on any atom is -0.342 e. The lowest BCUT2D eigenvalue weighted by atomic mass is 9.98. The molecule has 0 spiro atoms. The van der Waals surface area contributed by atoms with Crippen molar-refractivity contribution in [2.24, 2.45) is 5.92 Å². The Kier molecular flexibility index (Phi) is 7.12. The summed E-state index contributed by atoms with van der Waals surface area (Å²) in [6, 6.07) is 13.6. The van der Waals surface area contributed by atoms with Crippen LogP contribution in [0, 0.1) is 5.92 Å². The zero-order valence-corrected chi connectivity index (χ0v) is 19.2. The van der Waals surface area contributed by atoms with Crippen molar-refractivity contribution in [3.63, 3.8) is 0 Å². The van der Waals surface area contributed by atoms with E-state index in [4.69, 9.17) is 0 Å². The van der Waals surface area contributed by atoms with Gasteiger partial charge in [0.15, 0.2) is 0 Å². The summed E-state index contributed by atoms with van der Waals surface area (Å²) < 4.78 is 27.1. The van der Waals surface area contributed by atoms with E-state index in [1.54, 1.807) is 26.0 Å². The molecule has 166 valence electrons. The molecule has 2 N–H and O–H groups in total. The van der Waals surface area contributed by atoms with Gasteiger partial charge >= 0.3 is 0 Å². The average molecular weight is 443 g/mol. The Labute approximate surface area is 183 Å². The highest BCUT2D eigenvalue weighted by molar-refractivity contribution is 7.89. The van der Waals surface area contributed by atoms with Crippen LogP contribution in [0.3, 0.4) is 0 Å². The van der Waals surface area contributed by atoms with Gasteiger partial charge in [-0.25, -0.2) is 13.4 Å². The van der Waals surface area contributed by atoms with Crippen LogP contribution in [-0.4, -0.2) is 41.7 Å². The second-order valence-corrected chi connectivity index (χ2v) is 9.53. The zero-order valence-electron chi connectivity index (χ0n) is 18.4. The van der Waals surface area contributed by atoms with Crippen LogP contribution in [0.1, 0.15) is 56.3 Å². The molecule has 2 unspecified atom stereocenters. The van der Waals surface area contributed by atoms with E-state index in [1.807, 2.05) is 24.3 Å². The number of benzene rings is 2. The molecule has 3 aromatic rings. The third-order valence-corrected chi connectivity index (χ3v) is 7.69. The third-order valence-electron chi connectivity index (χ3n) is 5.64. The largest absolute Gasteiger partial charge is 0.342 e. The number of aromatic amines is 1. The van der Waals surface area contributed by atoms with Gasteiger partial charge in [0, 0.05) is 18.7 Å². The van der Waals surface area contributed by atoms with Crippen molar-refractivity contribution >= 4 is 27.0 Å². The van der Waals surface area contributed by atoms with Crippen LogP contribution in [-0.2, 0) is 10.0 Å². The molecular weight excluding hydrogens is 412 g/mol. The van der Waals surface area contributed by atoms with E-state index in [-0.39, 0.29) is 22.8 Å². The molecule has 2 aromatic carbocycles. The number of hydrogen-bond donors (Lipinski definition) is 2. The lowest BCUT2D eigenvalue weighted by Gasteiger charge is -2.23. The summed E-state index contributed by atoms with van der Waals surface area (Å²) in [6.07, 6.45) is 0.846. The van der Waals surface area contributed by atoms with Crippen molar-refractivity contribution in [1.82, 2.24) is 19.6 Å². The number of carbonyl (C=O) groups is 1. The number of imidazole rings is 1. The number of nitrogens with zero attached hydrogens (tertiary/aromatic N) is 2. The summed E-state index contributed by atoms with van der Waals surface area (Å²) in [7, 11) is -3.64. The zero-order chi connectivity index (χ0) is 22.6. The van der Waals surface area contributed by atoms with Gasteiger partial charge in [0.2, 0.25) is 10.0 Å². The Morgan fingerprint density at radius 3 is 2.45 bits per heavy atom. The fraction of sp³-hybridized carbons (Fsp3) is 0.391. The lowest BCUT2D eigenvalue weighted by Crippen LogP contribution is -2.34. The van der Waals surface area contributed by atoms with Gasteiger partial charge in [0.25, 0.3) is 5.91 Å². The van der Waals surface area contributed by atoms with Crippen LogP contribution < -0.4 is 5.32 Å². The highest BCUT2D eigenvalue weighted by atomic mass is 32.2. The summed E-state index contributed by atoms with van der Waals surface area (Å²) in [4.78, 5) is 21.2. The molecule has 0 fully saturated rings. The number of H-pyrrole nitrogens is 1. The van der Waals surface area contributed by atoms with E-state index in [9.17, 15) is 13.2 Å². The average Bonchev–Trinajstić information content (AvgIpc) is 3.21. The number of rotatable bonds is 9. The van der Waals surface area contributed by atoms with Crippen LogP contribution in [0.4, 0.5) is 0 Å². The van der Waals surface area contributed by atoms with E-state index in [1.165, 1.54) is 16.4 Å². The van der Waals surface area contributed by atoms with Crippen LogP contribution >= 0.6 is 0 Å². The molecule has 0 aliphatic carbocycles. The van der Waals surface area contributed by atoms with Crippen molar-refractivity contribution in [3.05, 3.63) is 59.9 Å². The summed E-state index contributed by atoms with van der Waals surface area (Å²) >= 11 is 0. The standard InChI is InChI=1S/C23H30N4O3S/c1-5-16(4)21(22-24-19-13-8-9-14-20(19)25-22)26-23(28)17-11-10-12-18(15-17)31(29,30)27(6-2)7-3/h8-16,21H,5-7H2,1-4H3,(H,24,25)(H,26,28). The third kappa shape index (κ3) is 4.80. The molecule has 1 aromatic heterocycles. The monoisotopic (exact) mass is 442 g/mol. The van der Waals surface area contributed by atoms with E-state index in [2.05, 4.69) is 29.1 Å². The van der Waals surface area contributed by atoms with Gasteiger partial charge in [-0.15, -0.1) is 0 Å². The maximum Gasteiger partial charge on any atom is 0.251 e. The smallest absolute Gasteiger partial charge is 0.251 e. The number of para-hydroxylation sites is 2. The van der Waals surface area contributed by atoms with Gasteiger partial charge in [-0.1, -0.05) is 52.3 Å². The molecule has 8 heteroatoms. The number of fused-ring (bicyclic) bond motifs is 1. The summed E-state index contributed by atoms with van der Waals surface area (Å²) in [6.45, 7) is 8.45. The maximum atomic E-state index is 13.1. The molecule has 7 nitrogen and oxygen atoms in total. The normalized spacial score (nSPS) is 14.0. The SMILES string of the molecule is CCC(C)C(NC(=O)c1cccc(S(=O)(=O)N(CC)CC)c1)c1nc2ccccc2[nH]1. The molecule has 0 bridgehead atoms.